The van der Waals surface area contributed by atoms with Gasteiger partial charge in [-0.1, -0.05) is 19.1 Å². The highest BCUT2D eigenvalue weighted by molar-refractivity contribution is 5.75. The number of nitrogens with one attached hydrogen (secondary N) is 2. The molecule has 9 heteroatoms. The Bertz CT molecular complexity index is 957. The van der Waals surface area contributed by atoms with Crippen molar-refractivity contribution in [2.24, 2.45) is 5.73 Å². The summed E-state index contributed by atoms with van der Waals surface area (Å²) >= 11 is 0. The molecule has 8 nitrogen and oxygen atoms in total. The molecule has 2 heterocycles. The predicted molar refractivity (Wildman–Crippen MR) is 127 cm³/mol. The Morgan fingerprint density at radius 2 is 2.06 bits per heavy atom. The molecule has 0 saturated carbocycles. The van der Waals surface area contributed by atoms with Crippen molar-refractivity contribution in [1.29, 1.82) is 0 Å². The van der Waals surface area contributed by atoms with Crippen LogP contribution in [0.15, 0.2) is 36.5 Å². The number of benzene rings is 1. The highest BCUT2D eigenvalue weighted by atomic mass is 19.1. The summed E-state index contributed by atoms with van der Waals surface area (Å²) in [5.41, 5.74) is 8.49. The van der Waals surface area contributed by atoms with Crippen LogP contribution < -0.4 is 21.3 Å². The van der Waals surface area contributed by atoms with Crippen molar-refractivity contribution in [1.82, 2.24) is 14.9 Å². The fourth-order valence-corrected chi connectivity index (χ4v) is 3.65. The Labute approximate surface area is 188 Å². The van der Waals surface area contributed by atoms with Crippen molar-refractivity contribution >= 4 is 29.0 Å². The van der Waals surface area contributed by atoms with Crippen molar-refractivity contribution in [2.75, 3.05) is 48.8 Å². The van der Waals surface area contributed by atoms with Gasteiger partial charge in [-0.05, 0) is 44.2 Å². The summed E-state index contributed by atoms with van der Waals surface area (Å²) in [7, 11) is 2.14. The molecule has 0 aliphatic carbocycles. The van der Waals surface area contributed by atoms with Crippen molar-refractivity contribution in [3.8, 4) is 0 Å². The van der Waals surface area contributed by atoms with Gasteiger partial charge in [-0.15, -0.1) is 0 Å². The summed E-state index contributed by atoms with van der Waals surface area (Å²) in [4.78, 5) is 24.4. The zero-order chi connectivity index (χ0) is 23.1. The fourth-order valence-electron chi connectivity index (χ4n) is 3.65. The van der Waals surface area contributed by atoms with Gasteiger partial charge >= 0.3 is 0 Å². The van der Waals surface area contributed by atoms with E-state index >= 15 is 0 Å². The second kappa shape index (κ2) is 10.9. The fraction of sp³-hybridized carbons (Fsp3) is 0.435. The van der Waals surface area contributed by atoms with Gasteiger partial charge in [-0.3, -0.25) is 4.79 Å². The van der Waals surface area contributed by atoms with E-state index < -0.39 is 17.8 Å². The average Bonchev–Trinajstić information content (AvgIpc) is 2.75. The lowest BCUT2D eigenvalue weighted by Crippen LogP contribution is -2.44. The number of nitrogens with two attached hydrogens (primary N) is 1. The van der Waals surface area contributed by atoms with Crippen LogP contribution in [0.25, 0.3) is 0 Å². The van der Waals surface area contributed by atoms with Crippen LogP contribution in [0.5, 0.6) is 0 Å². The molecule has 1 aromatic carbocycles. The van der Waals surface area contributed by atoms with E-state index in [9.17, 15) is 9.18 Å². The zero-order valence-corrected chi connectivity index (χ0v) is 18.9. The van der Waals surface area contributed by atoms with Gasteiger partial charge in [-0.25, -0.2) is 9.37 Å². The third-order valence-electron chi connectivity index (χ3n) is 5.39. The molecule has 1 fully saturated rings. The number of anilines is 4. The molecule has 1 atom stereocenters. The van der Waals surface area contributed by atoms with Gasteiger partial charge in [0.25, 0.3) is 0 Å². The van der Waals surface area contributed by atoms with Crippen LogP contribution in [0.3, 0.4) is 0 Å². The monoisotopic (exact) mass is 441 g/mol. The van der Waals surface area contributed by atoms with Gasteiger partial charge in [0, 0.05) is 37.6 Å². The third kappa shape index (κ3) is 6.40. The molecular weight excluding hydrogens is 409 g/mol. The Kier molecular flexibility index (Phi) is 7.99. The lowest BCUT2D eigenvalue weighted by molar-refractivity contribution is -0.118. The van der Waals surface area contributed by atoms with Crippen LogP contribution in [-0.2, 0) is 4.79 Å². The number of amides is 1. The topological polar surface area (TPSA) is 99.4 Å². The SMILES string of the molecule is CC/C=C\C(CC(N)=O)Nc1nc(Nc2ccc(N3CCN(C)CC3)c(C)c2)ncc1F. The smallest absolute Gasteiger partial charge is 0.229 e. The van der Waals surface area contributed by atoms with Crippen LogP contribution in [0.4, 0.5) is 27.5 Å². The van der Waals surface area contributed by atoms with Gasteiger partial charge in [0.05, 0.1) is 18.7 Å². The molecular formula is C23H32FN7O. The molecule has 2 aromatic rings. The molecule has 0 bridgehead atoms. The summed E-state index contributed by atoms with van der Waals surface area (Å²) in [5.74, 6) is -0.804. The molecule has 0 spiro atoms. The van der Waals surface area contributed by atoms with E-state index in [2.05, 4.69) is 50.4 Å². The van der Waals surface area contributed by atoms with Gasteiger partial charge in [0.15, 0.2) is 11.6 Å². The maximum atomic E-state index is 14.3. The van der Waals surface area contributed by atoms with Crippen LogP contribution in [0, 0.1) is 12.7 Å². The highest BCUT2D eigenvalue weighted by Gasteiger charge is 2.17. The first-order chi connectivity index (χ1) is 15.4. The number of piperazine rings is 1. The second-order valence-electron chi connectivity index (χ2n) is 8.06. The van der Waals surface area contributed by atoms with E-state index in [0.717, 1.165) is 50.0 Å². The summed E-state index contributed by atoms with van der Waals surface area (Å²) in [6, 6.07) is 5.65. The first-order valence-electron chi connectivity index (χ1n) is 10.9. The quantitative estimate of drug-likeness (QED) is 0.514. The Morgan fingerprint density at radius 1 is 1.31 bits per heavy atom. The van der Waals surface area contributed by atoms with Crippen molar-refractivity contribution in [3.05, 3.63) is 47.9 Å². The van der Waals surface area contributed by atoms with Crippen molar-refractivity contribution in [2.45, 2.75) is 32.7 Å². The lowest BCUT2D eigenvalue weighted by Gasteiger charge is -2.35. The number of hydrogen-bond acceptors (Lipinski definition) is 7. The number of allylic oxidation sites excluding steroid dienone is 1. The molecule has 0 radical (unpaired) electrons. The Balaban J connectivity index is 1.73. The van der Waals surface area contributed by atoms with Crippen LogP contribution in [-0.4, -0.2) is 60.0 Å². The molecule has 1 unspecified atom stereocenters. The Morgan fingerprint density at radius 3 is 2.72 bits per heavy atom. The molecule has 32 heavy (non-hydrogen) atoms. The third-order valence-corrected chi connectivity index (χ3v) is 5.39. The summed E-state index contributed by atoms with van der Waals surface area (Å²) in [6.07, 6.45) is 5.62. The minimum Gasteiger partial charge on any atom is -0.370 e. The van der Waals surface area contributed by atoms with E-state index in [4.69, 9.17) is 5.73 Å². The number of carbonyl (C=O) groups is 1. The Hall–Kier alpha value is -3.20. The predicted octanol–water partition coefficient (Wildman–Crippen LogP) is 3.04. The molecule has 1 aliphatic rings. The van der Waals surface area contributed by atoms with Gasteiger partial charge in [0.2, 0.25) is 11.9 Å². The summed E-state index contributed by atoms with van der Waals surface area (Å²) < 4.78 is 14.3. The second-order valence-corrected chi connectivity index (χ2v) is 8.06. The molecule has 1 saturated heterocycles. The number of primary amides is 1. The van der Waals surface area contributed by atoms with E-state index in [-0.39, 0.29) is 18.2 Å². The van der Waals surface area contributed by atoms with E-state index in [1.165, 1.54) is 5.69 Å². The normalized spacial score (nSPS) is 15.7. The molecule has 1 aliphatic heterocycles. The number of likely N-dealkylation sites (N-methyl/N-ethyl adjacent to an activating group) is 1. The first kappa shape index (κ1) is 23.5. The number of hydrogen-bond donors (Lipinski definition) is 3. The van der Waals surface area contributed by atoms with E-state index in [1.54, 1.807) is 6.08 Å². The number of rotatable bonds is 9. The number of aromatic nitrogens is 2. The van der Waals surface area contributed by atoms with Crippen molar-refractivity contribution in [3.63, 3.8) is 0 Å². The summed E-state index contributed by atoms with van der Waals surface area (Å²) in [6.45, 7) is 8.14. The van der Waals surface area contributed by atoms with E-state index in [0.29, 0.717) is 0 Å². The maximum absolute atomic E-state index is 14.3. The molecule has 172 valence electrons. The molecule has 1 aromatic heterocycles. The average molecular weight is 442 g/mol. The van der Waals surface area contributed by atoms with Crippen molar-refractivity contribution < 1.29 is 9.18 Å². The highest BCUT2D eigenvalue weighted by Crippen LogP contribution is 2.26. The number of halogens is 1. The largest absolute Gasteiger partial charge is 0.370 e. The van der Waals surface area contributed by atoms with Crippen LogP contribution in [0.1, 0.15) is 25.3 Å². The van der Waals surface area contributed by atoms with Gasteiger partial charge in [0.1, 0.15) is 0 Å². The molecule has 1 amide bonds. The maximum Gasteiger partial charge on any atom is 0.229 e. The number of aryl methyl sites for hydroxylation is 1. The number of carbonyl (C=O) groups excluding carboxylic acids is 1. The first-order valence-corrected chi connectivity index (χ1v) is 10.9. The minimum atomic E-state index is -0.600. The standard InChI is InChI=1S/C23H32FN7O/c1-4-5-6-17(14-21(25)32)27-22-19(24)15-26-23(29-22)28-18-7-8-20(16(2)13-18)31-11-9-30(3)10-12-31/h5-8,13,15,17H,4,9-12,14H2,1-3H3,(H2,25,32)(H2,26,27,28,29)/b6-5-. The summed E-state index contributed by atoms with van der Waals surface area (Å²) in [5, 5.41) is 6.08. The van der Waals surface area contributed by atoms with Crippen LogP contribution in [0.2, 0.25) is 0 Å². The molecule has 4 N–H and O–H groups in total. The lowest BCUT2D eigenvalue weighted by atomic mass is 10.1. The van der Waals surface area contributed by atoms with Gasteiger partial charge < -0.3 is 26.2 Å². The number of nitrogens with zero attached hydrogens (tertiary/aromatic N) is 4. The van der Waals surface area contributed by atoms with E-state index in [1.807, 2.05) is 25.1 Å². The zero-order valence-electron chi connectivity index (χ0n) is 18.9. The minimum absolute atomic E-state index is 0.0141. The van der Waals surface area contributed by atoms with Crippen LogP contribution >= 0.6 is 0 Å². The molecule has 3 rings (SSSR count). The van der Waals surface area contributed by atoms with Gasteiger partial charge in [-0.2, -0.15) is 4.98 Å².